The minimum absolute atomic E-state index is 0.0894. The van der Waals surface area contributed by atoms with Gasteiger partial charge in [-0.05, 0) is 42.4 Å². The van der Waals surface area contributed by atoms with Crippen LogP contribution < -0.4 is 5.73 Å². The summed E-state index contributed by atoms with van der Waals surface area (Å²) in [6.07, 6.45) is 6.79. The second-order valence-electron chi connectivity index (χ2n) is 6.19. The molecule has 0 saturated heterocycles. The van der Waals surface area contributed by atoms with Crippen LogP contribution in [0.4, 0.5) is 0 Å². The molecule has 0 fully saturated rings. The molecule has 1 heterocycles. The standard InChI is InChI=1S/C16H28N2O/c1-5-14(17)15(16(2,3)4)19-12-6-7-13-8-10-18-11-9-13/h8-11,14-15H,5-7,12,17H2,1-4H3. The van der Waals surface area contributed by atoms with Gasteiger partial charge in [0.25, 0.3) is 0 Å². The summed E-state index contributed by atoms with van der Waals surface area (Å²) in [4.78, 5) is 4.02. The molecule has 1 rings (SSSR count). The Morgan fingerprint density at radius 3 is 2.42 bits per heavy atom. The van der Waals surface area contributed by atoms with Crippen LogP contribution in [0.5, 0.6) is 0 Å². The SMILES string of the molecule is CCC(N)C(OCCCc1ccncc1)C(C)(C)C. The van der Waals surface area contributed by atoms with Crippen molar-refractivity contribution in [3.63, 3.8) is 0 Å². The average Bonchev–Trinajstić information content (AvgIpc) is 2.37. The minimum atomic E-state index is 0.0894. The zero-order chi connectivity index (χ0) is 14.3. The van der Waals surface area contributed by atoms with Crippen molar-refractivity contribution in [2.45, 2.75) is 59.1 Å². The van der Waals surface area contributed by atoms with E-state index < -0.39 is 0 Å². The largest absolute Gasteiger partial charge is 0.376 e. The van der Waals surface area contributed by atoms with Crippen molar-refractivity contribution in [1.29, 1.82) is 0 Å². The number of nitrogens with two attached hydrogens (primary N) is 1. The van der Waals surface area contributed by atoms with Crippen LogP contribution in [0.2, 0.25) is 0 Å². The molecule has 0 radical (unpaired) electrons. The van der Waals surface area contributed by atoms with Gasteiger partial charge >= 0.3 is 0 Å². The first-order chi connectivity index (χ1) is 8.95. The van der Waals surface area contributed by atoms with Gasteiger partial charge in [-0.3, -0.25) is 4.98 Å². The molecular weight excluding hydrogens is 236 g/mol. The number of nitrogens with zero attached hydrogens (tertiary/aromatic N) is 1. The highest BCUT2D eigenvalue weighted by Crippen LogP contribution is 2.25. The molecule has 3 heteroatoms. The van der Waals surface area contributed by atoms with Crippen molar-refractivity contribution in [1.82, 2.24) is 4.98 Å². The highest BCUT2D eigenvalue weighted by atomic mass is 16.5. The summed E-state index contributed by atoms with van der Waals surface area (Å²) in [5.74, 6) is 0. The van der Waals surface area contributed by atoms with E-state index in [2.05, 4.69) is 44.8 Å². The zero-order valence-electron chi connectivity index (χ0n) is 12.7. The maximum Gasteiger partial charge on any atom is 0.0773 e. The fourth-order valence-electron chi connectivity index (χ4n) is 2.27. The topological polar surface area (TPSA) is 48.1 Å². The van der Waals surface area contributed by atoms with E-state index in [1.807, 2.05) is 12.4 Å². The maximum absolute atomic E-state index is 6.16. The summed E-state index contributed by atoms with van der Waals surface area (Å²) in [5.41, 5.74) is 7.56. The van der Waals surface area contributed by atoms with E-state index in [9.17, 15) is 0 Å². The smallest absolute Gasteiger partial charge is 0.0773 e. The summed E-state index contributed by atoms with van der Waals surface area (Å²) < 4.78 is 6.04. The highest BCUT2D eigenvalue weighted by molar-refractivity contribution is 5.09. The average molecular weight is 264 g/mol. The second kappa shape index (κ2) is 7.61. The van der Waals surface area contributed by atoms with Crippen LogP contribution in [0, 0.1) is 5.41 Å². The number of aryl methyl sites for hydroxylation is 1. The molecule has 2 atom stereocenters. The molecule has 2 N–H and O–H groups in total. The molecule has 0 aromatic carbocycles. The van der Waals surface area contributed by atoms with Crippen molar-refractivity contribution in [2.24, 2.45) is 11.1 Å². The lowest BCUT2D eigenvalue weighted by molar-refractivity contribution is -0.0348. The van der Waals surface area contributed by atoms with Crippen molar-refractivity contribution in [3.05, 3.63) is 30.1 Å². The molecule has 0 bridgehead atoms. The third kappa shape index (κ3) is 5.70. The third-order valence-corrected chi connectivity index (χ3v) is 3.37. The van der Waals surface area contributed by atoms with E-state index in [4.69, 9.17) is 10.5 Å². The molecule has 0 spiro atoms. The molecule has 0 saturated carbocycles. The minimum Gasteiger partial charge on any atom is -0.376 e. The summed E-state index contributed by atoms with van der Waals surface area (Å²) in [6, 6.07) is 4.22. The number of ether oxygens (including phenoxy) is 1. The Morgan fingerprint density at radius 2 is 1.89 bits per heavy atom. The Kier molecular flexibility index (Phi) is 6.46. The van der Waals surface area contributed by atoms with E-state index in [1.54, 1.807) is 0 Å². The van der Waals surface area contributed by atoms with Crippen LogP contribution in [0.3, 0.4) is 0 Å². The van der Waals surface area contributed by atoms with Crippen LogP contribution in [-0.2, 0) is 11.2 Å². The maximum atomic E-state index is 6.16. The van der Waals surface area contributed by atoms with Crippen molar-refractivity contribution < 1.29 is 4.74 Å². The Hall–Kier alpha value is -0.930. The number of pyridine rings is 1. The number of aromatic nitrogens is 1. The molecule has 108 valence electrons. The van der Waals surface area contributed by atoms with E-state index in [-0.39, 0.29) is 17.6 Å². The molecule has 1 aromatic rings. The van der Waals surface area contributed by atoms with E-state index in [0.29, 0.717) is 0 Å². The quantitative estimate of drug-likeness (QED) is 0.769. The Morgan fingerprint density at radius 1 is 1.26 bits per heavy atom. The van der Waals surface area contributed by atoms with Crippen LogP contribution in [0.1, 0.15) is 46.1 Å². The van der Waals surface area contributed by atoms with E-state index in [0.717, 1.165) is 25.9 Å². The number of rotatable bonds is 7. The summed E-state index contributed by atoms with van der Waals surface area (Å²) >= 11 is 0. The number of hydrogen-bond donors (Lipinski definition) is 1. The van der Waals surface area contributed by atoms with E-state index >= 15 is 0 Å². The lowest BCUT2D eigenvalue weighted by Gasteiger charge is -2.34. The van der Waals surface area contributed by atoms with Crippen molar-refractivity contribution in [2.75, 3.05) is 6.61 Å². The molecule has 3 nitrogen and oxygen atoms in total. The molecule has 1 aromatic heterocycles. The lowest BCUT2D eigenvalue weighted by Crippen LogP contribution is -2.45. The van der Waals surface area contributed by atoms with Gasteiger partial charge in [0, 0.05) is 25.0 Å². The fourth-order valence-corrected chi connectivity index (χ4v) is 2.27. The van der Waals surface area contributed by atoms with Crippen LogP contribution in [0.15, 0.2) is 24.5 Å². The first-order valence-corrected chi connectivity index (χ1v) is 7.21. The van der Waals surface area contributed by atoms with Crippen LogP contribution in [0.25, 0.3) is 0 Å². The third-order valence-electron chi connectivity index (χ3n) is 3.37. The monoisotopic (exact) mass is 264 g/mol. The summed E-state index contributed by atoms with van der Waals surface area (Å²) in [7, 11) is 0. The van der Waals surface area contributed by atoms with Gasteiger partial charge in [0.15, 0.2) is 0 Å². The summed E-state index contributed by atoms with van der Waals surface area (Å²) in [6.45, 7) is 9.45. The predicted octanol–water partition coefficient (Wildman–Crippen LogP) is 3.18. The molecule has 0 aliphatic rings. The Labute approximate surface area is 117 Å². The molecule has 0 aliphatic heterocycles. The Bertz CT molecular complexity index is 346. The van der Waals surface area contributed by atoms with Crippen molar-refractivity contribution in [3.8, 4) is 0 Å². The predicted molar refractivity (Wildman–Crippen MR) is 80.0 cm³/mol. The van der Waals surface area contributed by atoms with Gasteiger partial charge in [-0.25, -0.2) is 0 Å². The van der Waals surface area contributed by atoms with Crippen LogP contribution in [-0.4, -0.2) is 23.7 Å². The molecule has 2 unspecified atom stereocenters. The molecule has 0 aliphatic carbocycles. The highest BCUT2D eigenvalue weighted by Gasteiger charge is 2.29. The number of hydrogen-bond acceptors (Lipinski definition) is 3. The van der Waals surface area contributed by atoms with Gasteiger partial charge in [0.2, 0.25) is 0 Å². The molecule has 0 amide bonds. The second-order valence-corrected chi connectivity index (χ2v) is 6.19. The van der Waals surface area contributed by atoms with Gasteiger partial charge in [-0.2, -0.15) is 0 Å². The lowest BCUT2D eigenvalue weighted by atomic mass is 9.84. The molecular formula is C16H28N2O. The van der Waals surface area contributed by atoms with Gasteiger partial charge in [-0.1, -0.05) is 27.7 Å². The van der Waals surface area contributed by atoms with Crippen LogP contribution >= 0.6 is 0 Å². The first kappa shape index (κ1) is 16.1. The van der Waals surface area contributed by atoms with Crippen molar-refractivity contribution >= 4 is 0 Å². The normalized spacial score (nSPS) is 15.2. The van der Waals surface area contributed by atoms with Gasteiger partial charge in [0.1, 0.15) is 0 Å². The van der Waals surface area contributed by atoms with Gasteiger partial charge in [-0.15, -0.1) is 0 Å². The summed E-state index contributed by atoms with van der Waals surface area (Å²) in [5, 5.41) is 0. The zero-order valence-corrected chi connectivity index (χ0v) is 12.7. The molecule has 19 heavy (non-hydrogen) atoms. The Balaban J connectivity index is 2.37. The van der Waals surface area contributed by atoms with E-state index in [1.165, 1.54) is 5.56 Å². The fraction of sp³-hybridized carbons (Fsp3) is 0.688. The van der Waals surface area contributed by atoms with Gasteiger partial charge < -0.3 is 10.5 Å². The first-order valence-electron chi connectivity index (χ1n) is 7.21. The van der Waals surface area contributed by atoms with Gasteiger partial charge in [0.05, 0.1) is 6.10 Å².